The average Bonchev–Trinajstić information content (AvgIpc) is 2.34. The summed E-state index contributed by atoms with van der Waals surface area (Å²) in [5, 5.41) is 2.37. The van der Waals surface area contributed by atoms with Crippen LogP contribution in [0.4, 0.5) is 13.2 Å². The third kappa shape index (κ3) is 6.48. The van der Waals surface area contributed by atoms with E-state index in [0.29, 0.717) is 0 Å². The molecule has 1 N–H and O–H groups in total. The number of nitrogens with one attached hydrogen (secondary N) is 1. The van der Waals surface area contributed by atoms with Gasteiger partial charge in [0.05, 0.1) is 11.3 Å². The Hall–Kier alpha value is -1.54. The SMILES string of the molecule is CS(=O)(=O)CCNC(=O)C=Cc1cc(C(F)(F)F)ccc1Cl. The summed E-state index contributed by atoms with van der Waals surface area (Å²) in [6.45, 7) is -0.0850. The highest BCUT2D eigenvalue weighted by molar-refractivity contribution is 7.90. The van der Waals surface area contributed by atoms with Crippen LogP contribution in [0.3, 0.4) is 0 Å². The third-order valence-electron chi connectivity index (χ3n) is 2.51. The van der Waals surface area contributed by atoms with Gasteiger partial charge in [0.2, 0.25) is 5.91 Å². The minimum Gasteiger partial charge on any atom is -0.352 e. The summed E-state index contributed by atoms with van der Waals surface area (Å²) in [5.41, 5.74) is -0.844. The van der Waals surface area contributed by atoms with Crippen molar-refractivity contribution < 1.29 is 26.4 Å². The number of amides is 1. The number of hydrogen-bond acceptors (Lipinski definition) is 3. The maximum Gasteiger partial charge on any atom is 0.416 e. The van der Waals surface area contributed by atoms with Gasteiger partial charge in [0.1, 0.15) is 9.84 Å². The van der Waals surface area contributed by atoms with Crippen molar-refractivity contribution in [2.75, 3.05) is 18.6 Å². The fourth-order valence-corrected chi connectivity index (χ4v) is 2.09. The molecule has 0 saturated carbocycles. The van der Waals surface area contributed by atoms with Gasteiger partial charge in [0.15, 0.2) is 0 Å². The van der Waals surface area contributed by atoms with Crippen LogP contribution in [0.25, 0.3) is 6.08 Å². The first-order valence-electron chi connectivity index (χ1n) is 5.99. The minimum atomic E-state index is -4.51. The highest BCUT2D eigenvalue weighted by Gasteiger charge is 2.30. The lowest BCUT2D eigenvalue weighted by Crippen LogP contribution is -2.27. The van der Waals surface area contributed by atoms with Crippen molar-refractivity contribution in [2.24, 2.45) is 0 Å². The molecule has 0 atom stereocenters. The van der Waals surface area contributed by atoms with Crippen molar-refractivity contribution >= 4 is 33.4 Å². The Morgan fingerprint density at radius 1 is 1.36 bits per heavy atom. The van der Waals surface area contributed by atoms with E-state index in [1.54, 1.807) is 0 Å². The van der Waals surface area contributed by atoms with Crippen LogP contribution in [0.2, 0.25) is 5.02 Å². The van der Waals surface area contributed by atoms with Crippen molar-refractivity contribution in [1.82, 2.24) is 5.32 Å². The smallest absolute Gasteiger partial charge is 0.352 e. The van der Waals surface area contributed by atoms with Crippen LogP contribution in [0.15, 0.2) is 24.3 Å². The largest absolute Gasteiger partial charge is 0.416 e. The van der Waals surface area contributed by atoms with Crippen LogP contribution >= 0.6 is 11.6 Å². The van der Waals surface area contributed by atoms with Crippen molar-refractivity contribution in [3.63, 3.8) is 0 Å². The molecule has 0 unspecified atom stereocenters. The fourth-order valence-electron chi connectivity index (χ4n) is 1.43. The van der Waals surface area contributed by atoms with Gasteiger partial charge in [-0.1, -0.05) is 11.6 Å². The zero-order valence-corrected chi connectivity index (χ0v) is 13.0. The monoisotopic (exact) mass is 355 g/mol. The second kappa shape index (κ2) is 7.15. The molecule has 0 aliphatic rings. The topological polar surface area (TPSA) is 63.2 Å². The Balaban J connectivity index is 2.75. The maximum atomic E-state index is 12.6. The molecule has 0 saturated heterocycles. The number of rotatable bonds is 5. The standard InChI is InChI=1S/C13H13ClF3NO3S/c1-22(20,21)7-6-18-12(19)5-2-9-8-10(13(15,16)17)3-4-11(9)14/h2-5,8H,6-7H2,1H3,(H,18,19). The lowest BCUT2D eigenvalue weighted by Gasteiger charge is -2.08. The quantitative estimate of drug-likeness (QED) is 0.826. The lowest BCUT2D eigenvalue weighted by atomic mass is 10.1. The zero-order valence-electron chi connectivity index (χ0n) is 11.4. The van der Waals surface area contributed by atoms with Crippen LogP contribution in [0.5, 0.6) is 0 Å². The molecular weight excluding hydrogens is 343 g/mol. The van der Waals surface area contributed by atoms with Gasteiger partial charge in [-0.25, -0.2) is 8.42 Å². The normalized spacial score (nSPS) is 12.6. The number of carbonyl (C=O) groups excluding carboxylic acids is 1. The number of benzene rings is 1. The van der Waals surface area contributed by atoms with Crippen LogP contribution in [0, 0.1) is 0 Å². The second-order valence-electron chi connectivity index (χ2n) is 4.49. The Morgan fingerprint density at radius 3 is 2.55 bits per heavy atom. The first-order valence-corrected chi connectivity index (χ1v) is 8.43. The molecule has 0 aliphatic carbocycles. The molecule has 1 aromatic rings. The first kappa shape index (κ1) is 18.5. The summed E-state index contributed by atoms with van der Waals surface area (Å²) >= 11 is 5.76. The molecule has 1 rings (SSSR count). The van der Waals surface area contributed by atoms with Gasteiger partial charge < -0.3 is 5.32 Å². The van der Waals surface area contributed by atoms with E-state index >= 15 is 0 Å². The van der Waals surface area contributed by atoms with Crippen LogP contribution < -0.4 is 5.32 Å². The van der Waals surface area contributed by atoms with E-state index in [1.807, 2.05) is 0 Å². The molecule has 0 bridgehead atoms. The lowest BCUT2D eigenvalue weighted by molar-refractivity contribution is -0.137. The van der Waals surface area contributed by atoms with Crippen LogP contribution in [-0.2, 0) is 20.8 Å². The highest BCUT2D eigenvalue weighted by Crippen LogP contribution is 2.32. The van der Waals surface area contributed by atoms with Crippen molar-refractivity contribution in [3.8, 4) is 0 Å². The first-order chi connectivity index (χ1) is 9.99. The van der Waals surface area contributed by atoms with E-state index in [4.69, 9.17) is 11.6 Å². The molecule has 0 spiro atoms. The van der Waals surface area contributed by atoms with Gasteiger partial charge >= 0.3 is 6.18 Å². The molecule has 0 radical (unpaired) electrons. The Labute approximate surface area is 130 Å². The molecule has 4 nitrogen and oxygen atoms in total. The molecule has 0 aromatic heterocycles. The molecule has 0 fully saturated rings. The van der Waals surface area contributed by atoms with Crippen LogP contribution in [-0.4, -0.2) is 32.9 Å². The summed E-state index contributed by atoms with van der Waals surface area (Å²) in [5.74, 6) is -0.853. The van der Waals surface area contributed by atoms with Gasteiger partial charge in [-0.05, 0) is 29.8 Å². The van der Waals surface area contributed by atoms with Crippen molar-refractivity contribution in [2.45, 2.75) is 6.18 Å². The van der Waals surface area contributed by atoms with Crippen LogP contribution in [0.1, 0.15) is 11.1 Å². The van der Waals surface area contributed by atoms with Crippen molar-refractivity contribution in [1.29, 1.82) is 0 Å². The molecule has 9 heteroatoms. The van der Waals surface area contributed by atoms with Gasteiger partial charge in [0.25, 0.3) is 0 Å². The number of hydrogen-bond donors (Lipinski definition) is 1. The Kier molecular flexibility index (Phi) is 6.01. The third-order valence-corrected chi connectivity index (χ3v) is 3.80. The minimum absolute atomic E-state index is 0.0368. The molecule has 1 amide bonds. The summed E-state index contributed by atoms with van der Waals surface area (Å²) in [4.78, 5) is 11.4. The second-order valence-corrected chi connectivity index (χ2v) is 7.16. The van der Waals surface area contributed by atoms with E-state index in [-0.39, 0.29) is 22.9 Å². The predicted octanol–water partition coefficient (Wildman–Crippen LogP) is 2.53. The summed E-state index contributed by atoms with van der Waals surface area (Å²) in [7, 11) is -3.20. The van der Waals surface area contributed by atoms with Gasteiger partial charge in [-0.3, -0.25) is 4.79 Å². The van der Waals surface area contributed by atoms with Gasteiger partial charge in [-0.15, -0.1) is 0 Å². The average molecular weight is 356 g/mol. The molecule has 1 aromatic carbocycles. The fraction of sp³-hybridized carbons (Fsp3) is 0.308. The number of alkyl halides is 3. The Morgan fingerprint density at radius 2 is 2.00 bits per heavy atom. The molecular formula is C13H13ClF3NO3S. The van der Waals surface area contributed by atoms with E-state index in [0.717, 1.165) is 36.6 Å². The summed E-state index contributed by atoms with van der Waals surface area (Å²) in [6.07, 6.45) is -1.36. The predicted molar refractivity (Wildman–Crippen MR) is 78.2 cm³/mol. The Bertz CT molecular complexity index is 684. The van der Waals surface area contributed by atoms with Crippen molar-refractivity contribution in [3.05, 3.63) is 40.4 Å². The molecule has 122 valence electrons. The van der Waals surface area contributed by atoms with E-state index in [1.165, 1.54) is 0 Å². The molecule has 0 heterocycles. The van der Waals surface area contributed by atoms with Gasteiger partial charge in [-0.2, -0.15) is 13.2 Å². The summed E-state index contributed by atoms with van der Waals surface area (Å²) < 4.78 is 59.5. The van der Waals surface area contributed by atoms with E-state index < -0.39 is 27.5 Å². The molecule has 0 aliphatic heterocycles. The number of carbonyl (C=O) groups is 1. The van der Waals surface area contributed by atoms with Gasteiger partial charge in [0, 0.05) is 23.9 Å². The highest BCUT2D eigenvalue weighted by atomic mass is 35.5. The van der Waals surface area contributed by atoms with E-state index in [9.17, 15) is 26.4 Å². The molecule has 22 heavy (non-hydrogen) atoms. The van der Waals surface area contributed by atoms with E-state index in [2.05, 4.69) is 5.32 Å². The number of sulfone groups is 1. The zero-order chi connectivity index (χ0) is 17.0. The maximum absolute atomic E-state index is 12.6. The number of halogens is 4. The summed E-state index contributed by atoms with van der Waals surface area (Å²) in [6, 6.07) is 2.75.